The van der Waals surface area contributed by atoms with Gasteiger partial charge in [0.25, 0.3) is 0 Å². The zero-order valence-electron chi connectivity index (χ0n) is 26.3. The van der Waals surface area contributed by atoms with Crippen molar-refractivity contribution in [3.63, 3.8) is 0 Å². The molecule has 268 valence electrons. The summed E-state index contributed by atoms with van der Waals surface area (Å²) < 4.78 is 0. The van der Waals surface area contributed by atoms with Gasteiger partial charge in [-0.3, -0.25) is 29.4 Å². The second-order valence-electron chi connectivity index (χ2n) is 10.9. The van der Waals surface area contributed by atoms with Gasteiger partial charge < -0.3 is 58.4 Å². The zero-order valence-corrected chi connectivity index (χ0v) is 27.2. The molecule has 49 heavy (non-hydrogen) atoms. The van der Waals surface area contributed by atoms with Gasteiger partial charge in [0.05, 0.1) is 18.1 Å². The smallest absolute Gasteiger partial charge is 0.326 e. The van der Waals surface area contributed by atoms with Crippen LogP contribution in [0.3, 0.4) is 0 Å². The molecule has 20 heteroatoms. The van der Waals surface area contributed by atoms with Gasteiger partial charge in [0.15, 0.2) is 5.96 Å². The van der Waals surface area contributed by atoms with Crippen molar-refractivity contribution in [1.29, 1.82) is 5.41 Å². The maximum absolute atomic E-state index is 13.6. The van der Waals surface area contributed by atoms with E-state index in [-0.39, 0.29) is 49.7 Å². The monoisotopic (exact) mass is 706 g/mol. The summed E-state index contributed by atoms with van der Waals surface area (Å²) >= 11 is 4.16. The number of nitrogens with two attached hydrogens (primary N) is 2. The van der Waals surface area contributed by atoms with Gasteiger partial charge in [0.2, 0.25) is 23.6 Å². The van der Waals surface area contributed by atoms with E-state index in [0.717, 1.165) is 0 Å². The van der Waals surface area contributed by atoms with Crippen LogP contribution in [-0.4, -0.2) is 109 Å². The first-order valence-electron chi connectivity index (χ1n) is 15.1. The Balaban J connectivity index is 2.21. The maximum atomic E-state index is 13.6. The van der Waals surface area contributed by atoms with Crippen molar-refractivity contribution in [3.8, 4) is 5.75 Å². The first kappa shape index (κ1) is 39.8. The highest BCUT2D eigenvalue weighted by Gasteiger charge is 2.32. The largest absolute Gasteiger partial charge is 0.508 e. The number of aromatic hydroxyl groups is 1. The Hall–Kier alpha value is -5.37. The molecule has 4 amide bonds. The number of nitrogens with zero attached hydrogens (tertiary/aromatic N) is 1. The number of carbonyl (C=O) groups excluding carboxylic acids is 4. The minimum atomic E-state index is -1.57. The van der Waals surface area contributed by atoms with Crippen molar-refractivity contribution in [2.75, 3.05) is 12.3 Å². The van der Waals surface area contributed by atoms with Crippen molar-refractivity contribution in [2.45, 2.75) is 68.7 Å². The average molecular weight is 707 g/mol. The van der Waals surface area contributed by atoms with E-state index in [1.807, 2.05) is 0 Å². The molecule has 1 aromatic carbocycles. The van der Waals surface area contributed by atoms with Crippen LogP contribution >= 0.6 is 12.6 Å². The molecule has 0 aliphatic rings. The van der Waals surface area contributed by atoms with Crippen LogP contribution in [0.2, 0.25) is 0 Å². The highest BCUT2D eigenvalue weighted by Crippen LogP contribution is 2.11. The zero-order chi connectivity index (χ0) is 36.5. The van der Waals surface area contributed by atoms with Crippen LogP contribution in [0.25, 0.3) is 0 Å². The quantitative estimate of drug-likeness (QED) is 0.0273. The predicted molar refractivity (Wildman–Crippen MR) is 177 cm³/mol. The van der Waals surface area contributed by atoms with Gasteiger partial charge in [-0.05, 0) is 43.4 Å². The fourth-order valence-corrected chi connectivity index (χ4v) is 4.67. The van der Waals surface area contributed by atoms with Crippen LogP contribution < -0.4 is 38.1 Å². The number of amides is 4. The number of rotatable bonds is 21. The molecule has 0 unspecified atom stereocenters. The minimum Gasteiger partial charge on any atom is -0.508 e. The number of phenolic OH excluding ortho intramolecular Hbond substituents is 1. The second-order valence-corrected chi connectivity index (χ2v) is 11.3. The third-order valence-electron chi connectivity index (χ3n) is 7.02. The Bertz CT molecular complexity index is 1440. The van der Waals surface area contributed by atoms with E-state index in [9.17, 15) is 39.0 Å². The number of benzene rings is 1. The van der Waals surface area contributed by atoms with Crippen LogP contribution in [-0.2, 0) is 41.6 Å². The van der Waals surface area contributed by atoms with E-state index in [2.05, 4.69) is 49.2 Å². The Morgan fingerprint density at radius 1 is 0.857 bits per heavy atom. The normalized spacial score (nSPS) is 13.8. The van der Waals surface area contributed by atoms with Gasteiger partial charge in [-0.1, -0.05) is 12.1 Å². The average Bonchev–Trinajstić information content (AvgIpc) is 3.56. The molecule has 2 rings (SSSR count). The number of aromatic amines is 1. The molecule has 2 aromatic rings. The molecule has 0 spiro atoms. The van der Waals surface area contributed by atoms with Gasteiger partial charge >= 0.3 is 11.9 Å². The van der Waals surface area contributed by atoms with Gasteiger partial charge in [-0.2, -0.15) is 12.6 Å². The van der Waals surface area contributed by atoms with E-state index in [1.165, 1.54) is 24.7 Å². The SMILES string of the molecule is N=C(N)NCCC[C@H](NC(=O)[C@H](CS)NC(=O)[C@@H](N)Cc1ccc(O)cc1)C(=O)N[C@@H](Cc1c[nH]cn1)C(=O)N[C@@H](CCC(=O)O)C(=O)O. The maximum Gasteiger partial charge on any atom is 0.326 e. The number of phenols is 1. The molecule has 0 radical (unpaired) electrons. The molecule has 5 atom stereocenters. The number of imidazole rings is 1. The standard InChI is InChI=1S/C29H42N10O9S/c30-18(10-15-3-5-17(40)6-4-15)24(43)39-22(13-49)27(46)36-19(2-1-9-34-29(31)32)25(44)38-21(11-16-12-33-14-35-16)26(45)37-20(28(47)48)7-8-23(41)42/h3-6,12,14,18-22,40,49H,1-2,7-11,13,30H2,(H,33,35)(H,36,46)(H,37,45)(H,38,44)(H,39,43)(H,41,42)(H,47,48)(H4,31,32,34)/t18-,19-,20-,21-,22-/m0/s1. The molecule has 0 aliphatic heterocycles. The van der Waals surface area contributed by atoms with Crippen molar-refractivity contribution in [2.24, 2.45) is 11.5 Å². The lowest BCUT2D eigenvalue weighted by Crippen LogP contribution is -2.59. The number of hydrogen-bond donors (Lipinski definition) is 13. The van der Waals surface area contributed by atoms with Gasteiger partial charge in [0, 0.05) is 31.3 Å². The molecular weight excluding hydrogens is 664 g/mol. The molecule has 0 fully saturated rings. The highest BCUT2D eigenvalue weighted by atomic mass is 32.1. The Kier molecular flexibility index (Phi) is 16.3. The summed E-state index contributed by atoms with van der Waals surface area (Å²) in [6.45, 7) is 0.148. The molecule has 0 saturated carbocycles. The van der Waals surface area contributed by atoms with E-state index in [1.54, 1.807) is 12.1 Å². The topological polar surface area (TPSA) is 328 Å². The summed E-state index contributed by atoms with van der Waals surface area (Å²) in [7, 11) is 0. The highest BCUT2D eigenvalue weighted by molar-refractivity contribution is 7.80. The number of H-pyrrole nitrogens is 1. The number of carbonyl (C=O) groups is 6. The number of aromatic nitrogens is 2. The number of thiol groups is 1. The summed E-state index contributed by atoms with van der Waals surface area (Å²) in [5.74, 6) is -6.48. The number of carboxylic acids is 2. The Morgan fingerprint density at radius 3 is 2.02 bits per heavy atom. The molecule has 0 bridgehead atoms. The third kappa shape index (κ3) is 14.5. The van der Waals surface area contributed by atoms with E-state index < -0.39 is 78.6 Å². The van der Waals surface area contributed by atoms with Crippen LogP contribution in [0.4, 0.5) is 0 Å². The summed E-state index contributed by atoms with van der Waals surface area (Å²) in [5, 5.41) is 47.6. The number of aliphatic carboxylic acids is 2. The molecule has 0 aliphatic carbocycles. The van der Waals surface area contributed by atoms with E-state index in [4.69, 9.17) is 22.0 Å². The Morgan fingerprint density at radius 2 is 1.45 bits per heavy atom. The van der Waals surface area contributed by atoms with E-state index in [0.29, 0.717) is 11.3 Å². The van der Waals surface area contributed by atoms with Crippen molar-refractivity contribution >= 4 is 54.2 Å². The number of guanidine groups is 1. The van der Waals surface area contributed by atoms with Crippen molar-refractivity contribution < 1.29 is 44.1 Å². The Labute approximate surface area is 286 Å². The molecule has 14 N–H and O–H groups in total. The lowest BCUT2D eigenvalue weighted by molar-refractivity contribution is -0.143. The summed E-state index contributed by atoms with van der Waals surface area (Å²) in [6.07, 6.45) is 1.89. The third-order valence-corrected chi connectivity index (χ3v) is 7.39. The minimum absolute atomic E-state index is 0.0292. The lowest BCUT2D eigenvalue weighted by atomic mass is 10.0. The van der Waals surface area contributed by atoms with Crippen LogP contribution in [0.5, 0.6) is 5.75 Å². The fraction of sp³-hybridized carbons (Fsp3) is 0.448. The van der Waals surface area contributed by atoms with Gasteiger partial charge in [-0.15, -0.1) is 0 Å². The van der Waals surface area contributed by atoms with Crippen molar-refractivity contribution in [1.82, 2.24) is 36.6 Å². The van der Waals surface area contributed by atoms with Crippen LogP contribution in [0.15, 0.2) is 36.8 Å². The number of hydrogen-bond acceptors (Lipinski definition) is 11. The lowest BCUT2D eigenvalue weighted by Gasteiger charge is -2.26. The second kappa shape index (κ2) is 20.1. The summed E-state index contributed by atoms with van der Waals surface area (Å²) in [6, 6.07) is -0.528. The van der Waals surface area contributed by atoms with Crippen molar-refractivity contribution in [3.05, 3.63) is 48.0 Å². The molecule has 1 aromatic heterocycles. The number of nitrogens with one attached hydrogen (secondary N) is 7. The van der Waals surface area contributed by atoms with Crippen LogP contribution in [0.1, 0.15) is 36.9 Å². The summed E-state index contributed by atoms with van der Waals surface area (Å²) in [4.78, 5) is 82.4. The van der Waals surface area contributed by atoms with E-state index >= 15 is 0 Å². The fourth-order valence-electron chi connectivity index (χ4n) is 4.41. The van der Waals surface area contributed by atoms with Gasteiger partial charge in [0.1, 0.15) is 29.9 Å². The molecular formula is C29H42N10O9S. The van der Waals surface area contributed by atoms with Crippen LogP contribution in [0, 0.1) is 5.41 Å². The molecule has 19 nitrogen and oxygen atoms in total. The predicted octanol–water partition coefficient (Wildman–Crippen LogP) is -2.69. The first-order valence-corrected chi connectivity index (χ1v) is 15.7. The van der Waals surface area contributed by atoms with Gasteiger partial charge in [-0.25, -0.2) is 9.78 Å². The molecule has 0 saturated heterocycles. The number of carboxylic acid groups (broad SMARTS) is 2. The first-order chi connectivity index (χ1) is 23.2. The molecule has 1 heterocycles. The summed E-state index contributed by atoms with van der Waals surface area (Å²) in [5.41, 5.74) is 12.3.